The van der Waals surface area contributed by atoms with Gasteiger partial charge in [-0.25, -0.2) is 0 Å². The molecule has 0 aromatic rings. The fourth-order valence-electron chi connectivity index (χ4n) is 3.20. The molecule has 7 heteroatoms. The minimum absolute atomic E-state index is 0. The number of piperazine rings is 1. The highest BCUT2D eigenvalue weighted by atomic mass is 35.5. The number of hydrogen-bond acceptors (Lipinski definition) is 4. The number of ether oxygens (including phenoxy) is 1. The summed E-state index contributed by atoms with van der Waals surface area (Å²) in [5.74, 6) is 1.12. The van der Waals surface area contributed by atoms with Crippen LogP contribution in [0.25, 0.3) is 0 Å². The summed E-state index contributed by atoms with van der Waals surface area (Å²) in [4.78, 5) is 16.7. The van der Waals surface area contributed by atoms with E-state index in [0.29, 0.717) is 12.6 Å². The van der Waals surface area contributed by atoms with E-state index >= 15 is 0 Å². The summed E-state index contributed by atoms with van der Waals surface area (Å²) in [6.07, 6.45) is 4.98. The molecule has 22 heavy (non-hydrogen) atoms. The summed E-state index contributed by atoms with van der Waals surface area (Å²) in [5.41, 5.74) is 0. The number of rotatable bonds is 5. The second-order valence-corrected chi connectivity index (χ2v) is 6.33. The van der Waals surface area contributed by atoms with Crippen LogP contribution in [-0.4, -0.2) is 74.2 Å². The third kappa shape index (κ3) is 5.85. The van der Waals surface area contributed by atoms with Gasteiger partial charge in [-0.15, -0.1) is 24.8 Å². The first-order chi connectivity index (χ1) is 9.83. The first-order valence-electron chi connectivity index (χ1n) is 8.13. The SMILES string of the molecule is Cl.Cl.O=C(CNCC1CC1)N1CCN(C2CCOCC2)CC1. The highest BCUT2D eigenvalue weighted by molar-refractivity contribution is 5.85. The van der Waals surface area contributed by atoms with Crippen molar-refractivity contribution in [2.75, 3.05) is 52.5 Å². The first-order valence-corrected chi connectivity index (χ1v) is 8.13. The van der Waals surface area contributed by atoms with E-state index in [2.05, 4.69) is 10.2 Å². The van der Waals surface area contributed by atoms with E-state index < -0.39 is 0 Å². The minimum Gasteiger partial charge on any atom is -0.381 e. The van der Waals surface area contributed by atoms with Crippen LogP contribution in [0.3, 0.4) is 0 Å². The van der Waals surface area contributed by atoms with Crippen LogP contribution in [0.5, 0.6) is 0 Å². The van der Waals surface area contributed by atoms with Crippen molar-refractivity contribution in [2.24, 2.45) is 5.92 Å². The molecular formula is C15H29Cl2N3O2. The van der Waals surface area contributed by atoms with E-state index in [1.165, 1.54) is 12.8 Å². The normalized spacial score (nSPS) is 23.5. The Morgan fingerprint density at radius 3 is 2.23 bits per heavy atom. The van der Waals surface area contributed by atoms with Crippen molar-refractivity contribution in [1.29, 1.82) is 0 Å². The number of nitrogens with zero attached hydrogens (tertiary/aromatic N) is 2. The number of nitrogens with one attached hydrogen (secondary N) is 1. The molecule has 0 spiro atoms. The lowest BCUT2D eigenvalue weighted by Crippen LogP contribution is -2.54. The maximum absolute atomic E-state index is 12.1. The highest BCUT2D eigenvalue weighted by Crippen LogP contribution is 2.27. The average Bonchev–Trinajstić information content (AvgIpc) is 3.32. The molecule has 3 rings (SSSR count). The Morgan fingerprint density at radius 1 is 1.00 bits per heavy atom. The summed E-state index contributed by atoms with van der Waals surface area (Å²) in [6.45, 7) is 7.17. The highest BCUT2D eigenvalue weighted by Gasteiger charge is 2.27. The molecule has 0 radical (unpaired) electrons. The zero-order valence-corrected chi connectivity index (χ0v) is 14.8. The van der Waals surface area contributed by atoms with E-state index in [-0.39, 0.29) is 30.7 Å². The molecule has 1 saturated carbocycles. The van der Waals surface area contributed by atoms with Gasteiger partial charge >= 0.3 is 0 Å². The van der Waals surface area contributed by atoms with E-state index in [1.54, 1.807) is 0 Å². The van der Waals surface area contributed by atoms with Crippen LogP contribution in [0.2, 0.25) is 0 Å². The maximum Gasteiger partial charge on any atom is 0.236 e. The van der Waals surface area contributed by atoms with E-state index in [4.69, 9.17) is 4.74 Å². The van der Waals surface area contributed by atoms with E-state index in [1.807, 2.05) is 4.90 Å². The third-order valence-corrected chi connectivity index (χ3v) is 4.78. The van der Waals surface area contributed by atoms with Crippen molar-refractivity contribution in [3.63, 3.8) is 0 Å². The fourth-order valence-corrected chi connectivity index (χ4v) is 3.20. The molecule has 2 heterocycles. The quantitative estimate of drug-likeness (QED) is 0.805. The predicted molar refractivity (Wildman–Crippen MR) is 92.1 cm³/mol. The van der Waals surface area contributed by atoms with Crippen LogP contribution in [0, 0.1) is 5.92 Å². The number of hydrogen-bond donors (Lipinski definition) is 1. The zero-order chi connectivity index (χ0) is 13.8. The molecule has 0 aromatic heterocycles. The van der Waals surface area contributed by atoms with Crippen LogP contribution in [0.1, 0.15) is 25.7 Å². The smallest absolute Gasteiger partial charge is 0.236 e. The summed E-state index contributed by atoms with van der Waals surface area (Å²) in [7, 11) is 0. The van der Waals surface area contributed by atoms with Crippen molar-refractivity contribution < 1.29 is 9.53 Å². The van der Waals surface area contributed by atoms with Gasteiger partial charge in [0.15, 0.2) is 0 Å². The van der Waals surface area contributed by atoms with Gasteiger partial charge in [-0.05, 0) is 38.1 Å². The zero-order valence-electron chi connectivity index (χ0n) is 13.2. The Bertz CT molecular complexity index is 329. The predicted octanol–water partition coefficient (Wildman–Crippen LogP) is 1.15. The van der Waals surface area contributed by atoms with E-state index in [9.17, 15) is 4.79 Å². The molecular weight excluding hydrogens is 325 g/mol. The molecule has 5 nitrogen and oxygen atoms in total. The van der Waals surface area contributed by atoms with Gasteiger partial charge in [0.1, 0.15) is 0 Å². The van der Waals surface area contributed by atoms with Crippen LogP contribution < -0.4 is 5.32 Å². The Morgan fingerprint density at radius 2 is 1.64 bits per heavy atom. The molecule has 3 aliphatic rings. The van der Waals surface area contributed by atoms with Gasteiger partial charge in [0.2, 0.25) is 5.91 Å². The minimum atomic E-state index is 0. The molecule has 0 bridgehead atoms. The molecule has 0 aromatic carbocycles. The van der Waals surface area contributed by atoms with Gasteiger partial charge in [-0.2, -0.15) is 0 Å². The topological polar surface area (TPSA) is 44.8 Å². The van der Waals surface area contributed by atoms with Crippen LogP contribution >= 0.6 is 24.8 Å². The van der Waals surface area contributed by atoms with Crippen molar-refractivity contribution in [3.05, 3.63) is 0 Å². The average molecular weight is 354 g/mol. The van der Waals surface area contributed by atoms with Crippen LogP contribution in [0.4, 0.5) is 0 Å². The molecule has 0 unspecified atom stereocenters. The van der Waals surface area contributed by atoms with Gasteiger partial charge in [0, 0.05) is 45.4 Å². The largest absolute Gasteiger partial charge is 0.381 e. The number of carbonyl (C=O) groups is 1. The molecule has 1 N–H and O–H groups in total. The third-order valence-electron chi connectivity index (χ3n) is 4.78. The Kier molecular flexibility index (Phi) is 9.02. The van der Waals surface area contributed by atoms with E-state index in [0.717, 1.165) is 64.7 Å². The molecule has 1 amide bonds. The van der Waals surface area contributed by atoms with Crippen molar-refractivity contribution >= 4 is 30.7 Å². The Hall–Kier alpha value is -0.0700. The molecule has 1 aliphatic carbocycles. The number of amides is 1. The summed E-state index contributed by atoms with van der Waals surface area (Å²) in [6, 6.07) is 0.675. The number of halogens is 2. The van der Waals surface area contributed by atoms with Gasteiger partial charge in [-0.1, -0.05) is 0 Å². The van der Waals surface area contributed by atoms with Crippen LogP contribution in [-0.2, 0) is 9.53 Å². The molecule has 2 saturated heterocycles. The second-order valence-electron chi connectivity index (χ2n) is 6.33. The molecule has 2 aliphatic heterocycles. The van der Waals surface area contributed by atoms with Gasteiger partial charge in [0.05, 0.1) is 6.54 Å². The van der Waals surface area contributed by atoms with Gasteiger partial charge in [-0.3, -0.25) is 9.69 Å². The lowest BCUT2D eigenvalue weighted by molar-refractivity contribution is -0.132. The number of carbonyl (C=O) groups excluding carboxylic acids is 1. The van der Waals surface area contributed by atoms with Crippen LogP contribution in [0.15, 0.2) is 0 Å². The molecule has 3 fully saturated rings. The summed E-state index contributed by atoms with van der Waals surface area (Å²) >= 11 is 0. The van der Waals surface area contributed by atoms with Crippen molar-refractivity contribution in [2.45, 2.75) is 31.7 Å². The van der Waals surface area contributed by atoms with Crippen molar-refractivity contribution in [3.8, 4) is 0 Å². The molecule has 130 valence electrons. The fraction of sp³-hybridized carbons (Fsp3) is 0.933. The lowest BCUT2D eigenvalue weighted by Gasteiger charge is -2.40. The summed E-state index contributed by atoms with van der Waals surface area (Å²) in [5, 5.41) is 3.30. The Labute approximate surface area is 145 Å². The summed E-state index contributed by atoms with van der Waals surface area (Å²) < 4.78 is 5.42. The second kappa shape index (κ2) is 9.93. The monoisotopic (exact) mass is 353 g/mol. The molecule has 0 atom stereocenters. The Balaban J connectivity index is 0.00000121. The first kappa shape index (κ1) is 20.0. The van der Waals surface area contributed by atoms with Gasteiger partial charge in [0.25, 0.3) is 0 Å². The maximum atomic E-state index is 12.1. The van der Waals surface area contributed by atoms with Crippen molar-refractivity contribution in [1.82, 2.24) is 15.1 Å². The lowest BCUT2D eigenvalue weighted by atomic mass is 10.1. The standard InChI is InChI=1S/C15H27N3O2.2ClH/c19-15(12-16-11-13-1-2-13)18-7-5-17(6-8-18)14-3-9-20-10-4-14;;/h13-14,16H,1-12H2;2*1H. The van der Waals surface area contributed by atoms with Gasteiger partial charge < -0.3 is 15.0 Å².